The Kier molecular flexibility index (Phi) is 5.03. The lowest BCUT2D eigenvalue weighted by molar-refractivity contribution is -0.384. The van der Waals surface area contributed by atoms with Crippen LogP contribution in [-0.2, 0) is 0 Å². The predicted molar refractivity (Wildman–Crippen MR) is 99.9 cm³/mol. The van der Waals surface area contributed by atoms with Crippen molar-refractivity contribution in [1.29, 1.82) is 0 Å². The van der Waals surface area contributed by atoms with Crippen LogP contribution in [0.1, 0.15) is 17.3 Å². The van der Waals surface area contributed by atoms with E-state index in [2.05, 4.69) is 20.8 Å². The van der Waals surface area contributed by atoms with Crippen molar-refractivity contribution in [2.75, 3.05) is 24.5 Å². The van der Waals surface area contributed by atoms with Crippen LogP contribution in [0.15, 0.2) is 53.0 Å². The summed E-state index contributed by atoms with van der Waals surface area (Å²) in [6.45, 7) is 4.03. The Morgan fingerprint density at radius 3 is 2.32 bits per heavy atom. The maximum atomic E-state index is 12.7. The monoisotopic (exact) mass is 403 g/mol. The Balaban J connectivity index is 1.68. The maximum absolute atomic E-state index is 12.7. The molecule has 1 saturated heterocycles. The lowest BCUT2D eigenvalue weighted by atomic mass is 10.1. The molecule has 3 rings (SSSR count). The molecule has 2 aromatic carbocycles. The predicted octanol–water partition coefficient (Wildman–Crippen LogP) is 3.71. The third-order valence-electron chi connectivity index (χ3n) is 4.41. The van der Waals surface area contributed by atoms with E-state index in [4.69, 9.17) is 0 Å². The fraction of sp³-hybridized carbons (Fsp3) is 0.278. The number of non-ortho nitro benzene ring substituents is 1. The van der Waals surface area contributed by atoms with Crippen LogP contribution in [0, 0.1) is 10.1 Å². The Morgan fingerprint density at radius 2 is 1.76 bits per heavy atom. The molecule has 7 heteroatoms. The summed E-state index contributed by atoms with van der Waals surface area (Å²) in [7, 11) is 0. The molecule has 0 aliphatic carbocycles. The number of nitrogens with zero attached hydrogens (tertiary/aromatic N) is 3. The minimum absolute atomic E-state index is 0.0309. The van der Waals surface area contributed by atoms with Crippen molar-refractivity contribution in [2.24, 2.45) is 0 Å². The van der Waals surface area contributed by atoms with E-state index in [-0.39, 0.29) is 17.6 Å². The minimum atomic E-state index is -0.402. The van der Waals surface area contributed by atoms with Crippen LogP contribution in [0.3, 0.4) is 0 Å². The van der Waals surface area contributed by atoms with E-state index in [0.29, 0.717) is 25.2 Å². The number of nitro benzene ring substituents is 1. The molecular weight excluding hydrogens is 386 g/mol. The number of halogens is 1. The summed E-state index contributed by atoms with van der Waals surface area (Å²) in [5, 5.41) is 10.8. The van der Waals surface area contributed by atoms with E-state index in [9.17, 15) is 14.9 Å². The summed E-state index contributed by atoms with van der Waals surface area (Å²) in [6.07, 6.45) is 0. The second-order valence-electron chi connectivity index (χ2n) is 6.07. The second kappa shape index (κ2) is 7.23. The van der Waals surface area contributed by atoms with Crippen molar-refractivity contribution in [3.63, 3.8) is 0 Å². The molecule has 130 valence electrons. The zero-order valence-corrected chi connectivity index (χ0v) is 15.3. The minimum Gasteiger partial charge on any atom is -0.368 e. The van der Waals surface area contributed by atoms with Crippen molar-refractivity contribution in [1.82, 2.24) is 4.90 Å². The van der Waals surface area contributed by atoms with Crippen LogP contribution in [0.5, 0.6) is 0 Å². The molecule has 1 atom stereocenters. The largest absolute Gasteiger partial charge is 0.368 e. The number of anilines is 1. The van der Waals surface area contributed by atoms with E-state index < -0.39 is 4.92 Å². The zero-order chi connectivity index (χ0) is 18.0. The maximum Gasteiger partial charge on any atom is 0.269 e. The highest BCUT2D eigenvalue weighted by Crippen LogP contribution is 2.23. The van der Waals surface area contributed by atoms with Gasteiger partial charge in [0.05, 0.1) is 4.92 Å². The number of rotatable bonds is 3. The van der Waals surface area contributed by atoms with Crippen LogP contribution in [0.25, 0.3) is 0 Å². The molecule has 0 N–H and O–H groups in total. The highest BCUT2D eigenvalue weighted by molar-refractivity contribution is 9.10. The summed E-state index contributed by atoms with van der Waals surface area (Å²) in [4.78, 5) is 27.1. The van der Waals surface area contributed by atoms with Crippen molar-refractivity contribution in [2.45, 2.75) is 13.0 Å². The van der Waals surface area contributed by atoms with Crippen molar-refractivity contribution >= 4 is 33.2 Å². The number of carbonyl (C=O) groups is 1. The molecule has 0 saturated carbocycles. The van der Waals surface area contributed by atoms with Gasteiger partial charge in [0.15, 0.2) is 0 Å². The molecular formula is C18H18BrN3O3. The molecule has 1 unspecified atom stereocenters. The van der Waals surface area contributed by atoms with Gasteiger partial charge in [0.2, 0.25) is 0 Å². The van der Waals surface area contributed by atoms with Gasteiger partial charge < -0.3 is 9.80 Å². The molecule has 1 heterocycles. The second-order valence-corrected chi connectivity index (χ2v) is 6.99. The van der Waals surface area contributed by atoms with Crippen LogP contribution in [-0.4, -0.2) is 41.4 Å². The summed E-state index contributed by atoms with van der Waals surface area (Å²) < 4.78 is 0.945. The van der Waals surface area contributed by atoms with Gasteiger partial charge in [0.1, 0.15) is 0 Å². The molecule has 1 amide bonds. The molecule has 0 aromatic heterocycles. The summed E-state index contributed by atoms with van der Waals surface area (Å²) in [6, 6.07) is 14.0. The van der Waals surface area contributed by atoms with Gasteiger partial charge in [-0.25, -0.2) is 0 Å². The first-order valence-electron chi connectivity index (χ1n) is 8.01. The highest BCUT2D eigenvalue weighted by Gasteiger charge is 2.28. The summed E-state index contributed by atoms with van der Waals surface area (Å²) >= 11 is 3.38. The first-order chi connectivity index (χ1) is 12.0. The Hall–Kier alpha value is -2.41. The van der Waals surface area contributed by atoms with Gasteiger partial charge in [-0.15, -0.1) is 0 Å². The Morgan fingerprint density at radius 1 is 1.12 bits per heavy atom. The molecule has 0 radical (unpaired) electrons. The zero-order valence-electron chi connectivity index (χ0n) is 13.8. The average molecular weight is 404 g/mol. The van der Waals surface area contributed by atoms with Crippen molar-refractivity contribution < 1.29 is 9.72 Å². The molecule has 1 fully saturated rings. The van der Waals surface area contributed by atoms with Crippen molar-refractivity contribution in [3.8, 4) is 0 Å². The van der Waals surface area contributed by atoms with Crippen LogP contribution in [0.2, 0.25) is 0 Å². The van der Waals surface area contributed by atoms with Gasteiger partial charge in [-0.3, -0.25) is 14.9 Å². The normalized spacial score (nSPS) is 17.4. The molecule has 25 heavy (non-hydrogen) atoms. The molecule has 0 spiro atoms. The first kappa shape index (κ1) is 17.4. The fourth-order valence-electron chi connectivity index (χ4n) is 3.04. The topological polar surface area (TPSA) is 66.7 Å². The molecule has 1 aliphatic rings. The quantitative estimate of drug-likeness (QED) is 0.578. The van der Waals surface area contributed by atoms with Crippen LogP contribution in [0.4, 0.5) is 11.4 Å². The van der Waals surface area contributed by atoms with E-state index in [1.54, 1.807) is 12.1 Å². The molecule has 2 aromatic rings. The number of piperazine rings is 1. The van der Waals surface area contributed by atoms with Gasteiger partial charge >= 0.3 is 0 Å². The van der Waals surface area contributed by atoms with Gasteiger partial charge in [-0.1, -0.05) is 15.9 Å². The average Bonchev–Trinajstić information content (AvgIpc) is 2.62. The van der Waals surface area contributed by atoms with Gasteiger partial charge in [0, 0.05) is 53.5 Å². The smallest absolute Gasteiger partial charge is 0.269 e. The highest BCUT2D eigenvalue weighted by atomic mass is 79.9. The molecule has 0 bridgehead atoms. The number of carbonyl (C=O) groups excluding carboxylic acids is 1. The molecule has 1 aliphatic heterocycles. The van der Waals surface area contributed by atoms with E-state index in [0.717, 1.165) is 10.2 Å². The molecule has 6 nitrogen and oxygen atoms in total. The SMILES string of the molecule is CC1CN(c2ccc([N+](=O)[O-])cc2)CCN1C(=O)c1ccc(Br)cc1. The lowest BCUT2D eigenvalue weighted by Crippen LogP contribution is -2.54. The first-order valence-corrected chi connectivity index (χ1v) is 8.81. The van der Waals surface area contributed by atoms with Crippen molar-refractivity contribution in [3.05, 3.63) is 68.7 Å². The number of nitro groups is 1. The Bertz CT molecular complexity index is 777. The fourth-order valence-corrected chi connectivity index (χ4v) is 3.30. The summed E-state index contributed by atoms with van der Waals surface area (Å²) in [5.74, 6) is 0.0309. The lowest BCUT2D eigenvalue weighted by Gasteiger charge is -2.41. The van der Waals surface area contributed by atoms with E-state index >= 15 is 0 Å². The number of hydrogen-bond acceptors (Lipinski definition) is 4. The Labute approximate surface area is 154 Å². The number of benzene rings is 2. The number of amides is 1. The van der Waals surface area contributed by atoms with Gasteiger partial charge in [0.25, 0.3) is 11.6 Å². The summed E-state index contributed by atoms with van der Waals surface area (Å²) in [5.41, 5.74) is 1.70. The standard InChI is InChI=1S/C18H18BrN3O3/c1-13-12-20(16-6-8-17(9-7-16)22(24)25)10-11-21(13)18(23)14-2-4-15(19)5-3-14/h2-9,13H,10-12H2,1H3. The third kappa shape index (κ3) is 3.82. The van der Waals surface area contributed by atoms with Crippen LogP contribution >= 0.6 is 15.9 Å². The van der Waals surface area contributed by atoms with Crippen LogP contribution < -0.4 is 4.90 Å². The number of hydrogen-bond donors (Lipinski definition) is 0. The van der Waals surface area contributed by atoms with Gasteiger partial charge in [-0.05, 0) is 43.3 Å². The van der Waals surface area contributed by atoms with E-state index in [1.165, 1.54) is 12.1 Å². The third-order valence-corrected chi connectivity index (χ3v) is 4.93. The van der Waals surface area contributed by atoms with E-state index in [1.807, 2.05) is 36.1 Å². The van der Waals surface area contributed by atoms with Gasteiger partial charge in [-0.2, -0.15) is 0 Å².